The van der Waals surface area contributed by atoms with Crippen molar-refractivity contribution in [1.29, 1.82) is 0 Å². The lowest BCUT2D eigenvalue weighted by molar-refractivity contribution is 0.0992. The lowest BCUT2D eigenvalue weighted by atomic mass is 10.0. The van der Waals surface area contributed by atoms with Gasteiger partial charge in [-0.25, -0.2) is 0 Å². The third kappa shape index (κ3) is 3.31. The highest BCUT2D eigenvalue weighted by molar-refractivity contribution is 7.16. The van der Waals surface area contributed by atoms with Gasteiger partial charge in [-0.2, -0.15) is 10.1 Å². The molecule has 1 amide bonds. The molecule has 6 heteroatoms. The van der Waals surface area contributed by atoms with Gasteiger partial charge in [0.05, 0.1) is 10.2 Å². The molecule has 0 fully saturated rings. The second-order valence-electron chi connectivity index (χ2n) is 6.95. The summed E-state index contributed by atoms with van der Waals surface area (Å²) in [6.45, 7) is 10.4. The van der Waals surface area contributed by atoms with E-state index in [4.69, 9.17) is 0 Å². The summed E-state index contributed by atoms with van der Waals surface area (Å²) in [7, 11) is 1.94. The van der Waals surface area contributed by atoms with Crippen LogP contribution in [0.15, 0.2) is 29.3 Å². The van der Waals surface area contributed by atoms with Gasteiger partial charge in [-0.05, 0) is 50.5 Å². The van der Waals surface area contributed by atoms with Crippen molar-refractivity contribution in [3.05, 3.63) is 46.0 Å². The van der Waals surface area contributed by atoms with Gasteiger partial charge in [0.15, 0.2) is 10.5 Å². The van der Waals surface area contributed by atoms with Gasteiger partial charge in [0.1, 0.15) is 0 Å². The quantitative estimate of drug-likeness (QED) is 0.706. The van der Waals surface area contributed by atoms with Crippen molar-refractivity contribution in [1.82, 2.24) is 14.3 Å². The van der Waals surface area contributed by atoms with Crippen LogP contribution in [-0.2, 0) is 7.05 Å². The first-order chi connectivity index (χ1) is 11.8. The number of nitrogens with zero attached hydrogens (tertiary/aromatic N) is 4. The summed E-state index contributed by atoms with van der Waals surface area (Å²) in [5.41, 5.74) is 3.74. The van der Waals surface area contributed by atoms with E-state index in [1.165, 1.54) is 16.9 Å². The van der Waals surface area contributed by atoms with Crippen molar-refractivity contribution >= 4 is 27.5 Å². The van der Waals surface area contributed by atoms with Gasteiger partial charge >= 0.3 is 0 Å². The lowest BCUT2D eigenvalue weighted by Gasteiger charge is -2.06. The van der Waals surface area contributed by atoms with Crippen LogP contribution >= 0.6 is 11.3 Å². The summed E-state index contributed by atoms with van der Waals surface area (Å²) in [4.78, 5) is 17.6. The number of hydrogen-bond donors (Lipinski definition) is 0. The highest BCUT2D eigenvalue weighted by Crippen LogP contribution is 2.23. The fourth-order valence-electron chi connectivity index (χ4n) is 2.88. The molecule has 5 nitrogen and oxygen atoms in total. The van der Waals surface area contributed by atoms with Crippen molar-refractivity contribution < 1.29 is 4.79 Å². The molecular formula is C19H24N4OS. The number of benzene rings is 1. The van der Waals surface area contributed by atoms with E-state index in [2.05, 4.69) is 42.1 Å². The lowest BCUT2D eigenvalue weighted by Crippen LogP contribution is -2.14. The molecule has 0 saturated heterocycles. The molecule has 0 aliphatic rings. The number of carbonyl (C=O) groups is 1. The Kier molecular flexibility index (Phi) is 4.64. The summed E-state index contributed by atoms with van der Waals surface area (Å²) in [5.74, 6) is 0.176. The average molecular weight is 356 g/mol. The van der Waals surface area contributed by atoms with Crippen LogP contribution in [0.4, 0.5) is 0 Å². The fourth-order valence-corrected chi connectivity index (χ4v) is 3.94. The van der Waals surface area contributed by atoms with Crippen LogP contribution in [0.5, 0.6) is 0 Å². The zero-order valence-corrected chi connectivity index (χ0v) is 16.4. The molecule has 0 N–H and O–H groups in total. The van der Waals surface area contributed by atoms with Crippen LogP contribution in [0.25, 0.3) is 10.2 Å². The minimum absolute atomic E-state index is 0.219. The van der Waals surface area contributed by atoms with Crippen LogP contribution in [0.1, 0.15) is 61.4 Å². The van der Waals surface area contributed by atoms with Gasteiger partial charge in [0.2, 0.25) is 0 Å². The number of thiazole rings is 1. The first-order valence-electron chi connectivity index (χ1n) is 8.52. The van der Waals surface area contributed by atoms with Crippen molar-refractivity contribution in [2.24, 2.45) is 12.0 Å². The molecule has 0 radical (unpaired) electrons. The summed E-state index contributed by atoms with van der Waals surface area (Å²) >= 11 is 1.54. The maximum absolute atomic E-state index is 12.6. The molecule has 0 saturated carbocycles. The second-order valence-corrected chi connectivity index (χ2v) is 7.96. The van der Waals surface area contributed by atoms with E-state index >= 15 is 0 Å². The summed E-state index contributed by atoms with van der Waals surface area (Å²) in [6, 6.07) is 8.44. The van der Waals surface area contributed by atoms with Crippen molar-refractivity contribution in [2.45, 2.75) is 46.6 Å². The van der Waals surface area contributed by atoms with Gasteiger partial charge in [-0.3, -0.25) is 9.48 Å². The molecule has 25 heavy (non-hydrogen) atoms. The van der Waals surface area contributed by atoms with Gasteiger partial charge in [-0.1, -0.05) is 31.3 Å². The Bertz CT molecular complexity index is 1000. The number of aromatic nitrogens is 3. The summed E-state index contributed by atoms with van der Waals surface area (Å²) < 4.78 is 4.96. The zero-order valence-electron chi connectivity index (χ0n) is 15.6. The first kappa shape index (κ1) is 17.6. The SMILES string of the molecule is Cc1cc(C(=O)N=c2sc3cc(C(C)C)ccc3n2C)nn1C(C)C. The molecule has 2 aromatic heterocycles. The Morgan fingerprint density at radius 1 is 1.20 bits per heavy atom. The molecule has 3 aromatic rings. The number of rotatable bonds is 3. The molecule has 1 aromatic carbocycles. The van der Waals surface area contributed by atoms with E-state index in [1.54, 1.807) is 6.07 Å². The van der Waals surface area contributed by atoms with E-state index in [9.17, 15) is 4.79 Å². The third-order valence-corrected chi connectivity index (χ3v) is 5.42. The Morgan fingerprint density at radius 3 is 2.52 bits per heavy atom. The molecule has 0 aliphatic carbocycles. The van der Waals surface area contributed by atoms with Crippen LogP contribution in [-0.4, -0.2) is 20.3 Å². The average Bonchev–Trinajstić information content (AvgIpc) is 3.08. The largest absolute Gasteiger partial charge is 0.319 e. The first-order valence-corrected chi connectivity index (χ1v) is 9.34. The van der Waals surface area contributed by atoms with Gasteiger partial charge in [-0.15, -0.1) is 0 Å². The van der Waals surface area contributed by atoms with Crippen LogP contribution in [0.2, 0.25) is 0 Å². The highest BCUT2D eigenvalue weighted by atomic mass is 32.1. The van der Waals surface area contributed by atoms with Crippen molar-refractivity contribution in [3.63, 3.8) is 0 Å². The maximum Gasteiger partial charge on any atom is 0.300 e. The predicted molar refractivity (Wildman–Crippen MR) is 102 cm³/mol. The summed E-state index contributed by atoms with van der Waals surface area (Å²) in [6.07, 6.45) is 0. The number of hydrogen-bond acceptors (Lipinski definition) is 3. The van der Waals surface area contributed by atoms with Crippen LogP contribution in [0.3, 0.4) is 0 Å². The fraction of sp³-hybridized carbons (Fsp3) is 0.421. The van der Waals surface area contributed by atoms with E-state index in [1.807, 2.05) is 37.1 Å². The predicted octanol–water partition coefficient (Wildman–Crippen LogP) is 4.19. The Morgan fingerprint density at radius 2 is 1.92 bits per heavy atom. The van der Waals surface area contributed by atoms with Gasteiger partial charge in [0, 0.05) is 18.8 Å². The van der Waals surface area contributed by atoms with Gasteiger partial charge < -0.3 is 4.57 Å². The molecule has 132 valence electrons. The zero-order chi connectivity index (χ0) is 18.3. The Hall–Kier alpha value is -2.21. The summed E-state index contributed by atoms with van der Waals surface area (Å²) in [5, 5.41) is 4.40. The van der Waals surface area contributed by atoms with Gasteiger partial charge in [0.25, 0.3) is 5.91 Å². The topological polar surface area (TPSA) is 52.2 Å². The molecule has 0 atom stereocenters. The number of carbonyl (C=O) groups excluding carboxylic acids is 1. The number of aryl methyl sites for hydroxylation is 2. The molecule has 0 aliphatic heterocycles. The number of fused-ring (bicyclic) bond motifs is 1. The molecule has 3 rings (SSSR count). The molecule has 0 bridgehead atoms. The van der Waals surface area contributed by atoms with Crippen molar-refractivity contribution in [3.8, 4) is 0 Å². The monoisotopic (exact) mass is 356 g/mol. The smallest absolute Gasteiger partial charge is 0.300 e. The standard InChI is InChI=1S/C19H24N4OS/c1-11(2)14-7-8-16-17(10-14)25-19(22(16)6)20-18(24)15-9-13(5)23(21-15)12(3)4/h7-12H,1-6H3. The van der Waals surface area contributed by atoms with E-state index < -0.39 is 0 Å². The van der Waals surface area contributed by atoms with Crippen LogP contribution in [0, 0.1) is 6.92 Å². The minimum atomic E-state index is -0.297. The van der Waals surface area contributed by atoms with E-state index in [0.717, 1.165) is 15.9 Å². The molecule has 2 heterocycles. The normalized spacial score (nSPS) is 12.7. The molecule has 0 unspecified atom stereocenters. The van der Waals surface area contributed by atoms with E-state index in [-0.39, 0.29) is 11.9 Å². The van der Waals surface area contributed by atoms with E-state index in [0.29, 0.717) is 16.4 Å². The Labute approximate surface area is 151 Å². The third-order valence-electron chi connectivity index (χ3n) is 4.33. The molecule has 0 spiro atoms. The Balaban J connectivity index is 2.04. The second kappa shape index (κ2) is 6.59. The van der Waals surface area contributed by atoms with Crippen LogP contribution < -0.4 is 4.80 Å². The molecular weight excluding hydrogens is 332 g/mol. The maximum atomic E-state index is 12.6. The highest BCUT2D eigenvalue weighted by Gasteiger charge is 2.14. The van der Waals surface area contributed by atoms with Crippen molar-refractivity contribution in [2.75, 3.05) is 0 Å². The number of amides is 1. The minimum Gasteiger partial charge on any atom is -0.319 e.